The molecule has 2 aromatic carbocycles. The number of nitrogens with zero attached hydrogens (tertiary/aromatic N) is 1. The van der Waals surface area contributed by atoms with Crippen molar-refractivity contribution in [1.82, 2.24) is 4.57 Å². The minimum atomic E-state index is -3.44. The Morgan fingerprint density at radius 2 is 1.41 bits per heavy atom. The van der Waals surface area contributed by atoms with Crippen LogP contribution in [0.15, 0.2) is 60.7 Å². The zero-order chi connectivity index (χ0) is 19.6. The van der Waals surface area contributed by atoms with Gasteiger partial charge in [0, 0.05) is 22.6 Å². The van der Waals surface area contributed by atoms with Crippen molar-refractivity contribution in [3.63, 3.8) is 0 Å². The fourth-order valence-corrected chi connectivity index (χ4v) is 3.49. The van der Waals surface area contributed by atoms with Crippen molar-refractivity contribution in [3.8, 4) is 5.69 Å². The highest BCUT2D eigenvalue weighted by Gasteiger charge is 2.12. The van der Waals surface area contributed by atoms with Gasteiger partial charge in [-0.2, -0.15) is 0 Å². The van der Waals surface area contributed by atoms with Crippen LogP contribution < -0.4 is 10.0 Å². The molecule has 140 valence electrons. The number of anilines is 2. The zero-order valence-corrected chi connectivity index (χ0v) is 16.2. The number of hydrogen-bond acceptors (Lipinski definition) is 3. The van der Waals surface area contributed by atoms with Crippen molar-refractivity contribution in [2.24, 2.45) is 0 Å². The number of para-hydroxylation sites is 2. The van der Waals surface area contributed by atoms with E-state index in [1.807, 2.05) is 38.1 Å². The van der Waals surface area contributed by atoms with E-state index in [1.165, 1.54) is 0 Å². The van der Waals surface area contributed by atoms with Crippen LogP contribution in [0.3, 0.4) is 0 Å². The fourth-order valence-electron chi connectivity index (χ4n) is 2.91. The summed E-state index contributed by atoms with van der Waals surface area (Å²) < 4.78 is 27.5. The summed E-state index contributed by atoms with van der Waals surface area (Å²) in [6.45, 7) is 4.05. The van der Waals surface area contributed by atoms with Crippen LogP contribution in [0.25, 0.3) is 5.69 Å². The predicted molar refractivity (Wildman–Crippen MR) is 108 cm³/mol. The zero-order valence-electron chi connectivity index (χ0n) is 15.4. The third-order valence-corrected chi connectivity index (χ3v) is 4.72. The lowest BCUT2D eigenvalue weighted by Gasteiger charge is -2.13. The van der Waals surface area contributed by atoms with Crippen LogP contribution in [-0.4, -0.2) is 25.1 Å². The molecular formula is C20H21N3O3S. The Bertz CT molecular complexity index is 1060. The van der Waals surface area contributed by atoms with Gasteiger partial charge in [-0.05, 0) is 62.4 Å². The maximum Gasteiger partial charge on any atom is 0.255 e. The van der Waals surface area contributed by atoms with Crippen molar-refractivity contribution in [2.45, 2.75) is 13.8 Å². The van der Waals surface area contributed by atoms with E-state index in [-0.39, 0.29) is 5.91 Å². The van der Waals surface area contributed by atoms with Crippen LogP contribution in [-0.2, 0) is 10.0 Å². The number of benzene rings is 2. The highest BCUT2D eigenvalue weighted by molar-refractivity contribution is 7.92. The third kappa shape index (κ3) is 4.38. The average molecular weight is 383 g/mol. The van der Waals surface area contributed by atoms with Crippen molar-refractivity contribution in [2.75, 3.05) is 16.3 Å². The van der Waals surface area contributed by atoms with Gasteiger partial charge in [0.05, 0.1) is 17.6 Å². The SMILES string of the molecule is Cc1ccc(C)n1-c1ccc(C(=O)Nc2ccccc2NS(C)(=O)=O)cc1. The summed E-state index contributed by atoms with van der Waals surface area (Å²) >= 11 is 0. The van der Waals surface area contributed by atoms with E-state index in [2.05, 4.69) is 14.6 Å². The molecule has 0 aliphatic carbocycles. The van der Waals surface area contributed by atoms with Crippen LogP contribution in [0.5, 0.6) is 0 Å². The van der Waals surface area contributed by atoms with E-state index >= 15 is 0 Å². The molecular weight excluding hydrogens is 362 g/mol. The van der Waals surface area contributed by atoms with Crippen LogP contribution >= 0.6 is 0 Å². The standard InChI is InChI=1S/C20H21N3O3S/c1-14-8-9-15(2)23(14)17-12-10-16(11-13-17)20(24)21-18-6-4-5-7-19(18)22-27(3,25)26/h4-13,22H,1-3H3,(H,21,24). The van der Waals surface area contributed by atoms with Crippen LogP contribution in [0.2, 0.25) is 0 Å². The third-order valence-electron chi connectivity index (χ3n) is 4.13. The minimum absolute atomic E-state index is 0.315. The second kappa shape index (κ2) is 7.28. The van der Waals surface area contributed by atoms with Gasteiger partial charge in [0.2, 0.25) is 10.0 Å². The largest absolute Gasteiger partial charge is 0.320 e. The molecule has 1 aromatic heterocycles. The predicted octanol–water partition coefficient (Wildman–Crippen LogP) is 3.72. The molecule has 0 saturated heterocycles. The first kappa shape index (κ1) is 18.7. The van der Waals surface area contributed by atoms with Gasteiger partial charge in [0.15, 0.2) is 0 Å². The lowest BCUT2D eigenvalue weighted by atomic mass is 10.1. The summed E-state index contributed by atoms with van der Waals surface area (Å²) in [4.78, 5) is 12.6. The summed E-state index contributed by atoms with van der Waals surface area (Å²) in [5.41, 5.74) is 4.41. The van der Waals surface area contributed by atoms with Gasteiger partial charge in [-0.1, -0.05) is 12.1 Å². The number of aromatic nitrogens is 1. The summed E-state index contributed by atoms with van der Waals surface area (Å²) in [5.74, 6) is -0.315. The number of nitrogens with one attached hydrogen (secondary N) is 2. The Balaban J connectivity index is 1.82. The van der Waals surface area contributed by atoms with Gasteiger partial charge in [-0.3, -0.25) is 9.52 Å². The molecule has 0 aliphatic rings. The number of carbonyl (C=O) groups is 1. The van der Waals surface area contributed by atoms with Crippen molar-refractivity contribution >= 4 is 27.3 Å². The van der Waals surface area contributed by atoms with Gasteiger partial charge < -0.3 is 9.88 Å². The minimum Gasteiger partial charge on any atom is -0.320 e. The monoisotopic (exact) mass is 383 g/mol. The Morgan fingerprint density at radius 1 is 0.852 bits per heavy atom. The molecule has 0 bridgehead atoms. The second-order valence-electron chi connectivity index (χ2n) is 6.37. The van der Waals surface area contributed by atoms with E-state index in [4.69, 9.17) is 0 Å². The number of sulfonamides is 1. The lowest BCUT2D eigenvalue weighted by molar-refractivity contribution is 0.102. The second-order valence-corrected chi connectivity index (χ2v) is 8.12. The molecule has 1 amide bonds. The number of amides is 1. The van der Waals surface area contributed by atoms with E-state index < -0.39 is 10.0 Å². The fraction of sp³-hybridized carbons (Fsp3) is 0.150. The van der Waals surface area contributed by atoms with Crippen molar-refractivity contribution in [3.05, 3.63) is 77.6 Å². The van der Waals surface area contributed by atoms with E-state index in [0.29, 0.717) is 16.9 Å². The molecule has 0 fully saturated rings. The molecule has 0 radical (unpaired) electrons. The van der Waals surface area contributed by atoms with Crippen molar-refractivity contribution in [1.29, 1.82) is 0 Å². The Kier molecular flexibility index (Phi) is 5.05. The number of rotatable bonds is 5. The normalized spacial score (nSPS) is 11.2. The Labute approximate surface area is 158 Å². The van der Waals surface area contributed by atoms with E-state index in [1.54, 1.807) is 36.4 Å². The number of carbonyl (C=O) groups excluding carboxylic acids is 1. The smallest absolute Gasteiger partial charge is 0.255 e. The lowest BCUT2D eigenvalue weighted by Crippen LogP contribution is -2.16. The van der Waals surface area contributed by atoms with Gasteiger partial charge in [-0.25, -0.2) is 8.42 Å². The molecule has 3 rings (SSSR count). The van der Waals surface area contributed by atoms with Gasteiger partial charge in [0.1, 0.15) is 0 Å². The Morgan fingerprint density at radius 3 is 1.96 bits per heavy atom. The molecule has 1 heterocycles. The maximum atomic E-state index is 12.6. The highest BCUT2D eigenvalue weighted by Crippen LogP contribution is 2.23. The average Bonchev–Trinajstić information content (AvgIpc) is 2.94. The molecule has 7 heteroatoms. The van der Waals surface area contributed by atoms with E-state index in [9.17, 15) is 13.2 Å². The molecule has 27 heavy (non-hydrogen) atoms. The first-order valence-corrected chi connectivity index (χ1v) is 10.3. The maximum absolute atomic E-state index is 12.6. The van der Waals surface area contributed by atoms with Gasteiger partial charge in [-0.15, -0.1) is 0 Å². The van der Waals surface area contributed by atoms with Crippen LogP contribution in [0.4, 0.5) is 11.4 Å². The number of hydrogen-bond donors (Lipinski definition) is 2. The first-order valence-electron chi connectivity index (χ1n) is 8.38. The Hall–Kier alpha value is -3.06. The molecule has 0 atom stereocenters. The molecule has 0 saturated carbocycles. The van der Waals surface area contributed by atoms with E-state index in [0.717, 1.165) is 23.3 Å². The van der Waals surface area contributed by atoms with Crippen LogP contribution in [0.1, 0.15) is 21.7 Å². The molecule has 0 unspecified atom stereocenters. The topological polar surface area (TPSA) is 80.2 Å². The highest BCUT2D eigenvalue weighted by atomic mass is 32.2. The molecule has 2 N–H and O–H groups in total. The molecule has 0 aliphatic heterocycles. The first-order chi connectivity index (χ1) is 12.7. The van der Waals surface area contributed by atoms with Gasteiger partial charge >= 0.3 is 0 Å². The number of aryl methyl sites for hydroxylation is 2. The summed E-state index contributed by atoms with van der Waals surface area (Å²) in [5, 5.41) is 2.75. The summed E-state index contributed by atoms with van der Waals surface area (Å²) in [7, 11) is -3.44. The van der Waals surface area contributed by atoms with Crippen molar-refractivity contribution < 1.29 is 13.2 Å². The quantitative estimate of drug-likeness (QED) is 0.705. The summed E-state index contributed by atoms with van der Waals surface area (Å²) in [6.07, 6.45) is 1.07. The van der Waals surface area contributed by atoms with Gasteiger partial charge in [0.25, 0.3) is 5.91 Å². The molecule has 6 nitrogen and oxygen atoms in total. The molecule has 3 aromatic rings. The summed E-state index contributed by atoms with van der Waals surface area (Å²) in [6, 6.07) is 18.0. The molecule has 0 spiro atoms. The van der Waals surface area contributed by atoms with Crippen LogP contribution in [0, 0.1) is 13.8 Å².